The summed E-state index contributed by atoms with van der Waals surface area (Å²) in [6.07, 6.45) is 13.6. The number of halogens is 1. The van der Waals surface area contributed by atoms with Crippen molar-refractivity contribution in [2.45, 2.75) is 83.3 Å². The van der Waals surface area contributed by atoms with Crippen molar-refractivity contribution in [2.75, 3.05) is 19.0 Å². The smallest absolute Gasteiger partial charge is 0.239 e. The third-order valence-electron chi connectivity index (χ3n) is 6.13. The molecule has 2 aliphatic rings. The number of alkyl halides is 1. The van der Waals surface area contributed by atoms with Crippen LogP contribution in [0.1, 0.15) is 71.1 Å². The van der Waals surface area contributed by atoms with Gasteiger partial charge in [-0.15, -0.1) is 11.6 Å². The average molecular weight is 441 g/mol. The summed E-state index contributed by atoms with van der Waals surface area (Å²) in [6.45, 7) is 2.73. The van der Waals surface area contributed by atoms with Crippen LogP contribution in [0.4, 0.5) is 0 Å². The van der Waals surface area contributed by atoms with Gasteiger partial charge < -0.3 is 15.4 Å². The maximum absolute atomic E-state index is 12.1. The number of carbonyl (C=O) groups is 3. The van der Waals surface area contributed by atoms with Crippen molar-refractivity contribution >= 4 is 29.2 Å². The molecule has 4 atom stereocenters. The molecule has 170 valence electrons. The van der Waals surface area contributed by atoms with Gasteiger partial charge >= 0.3 is 0 Å². The van der Waals surface area contributed by atoms with Gasteiger partial charge in [0.1, 0.15) is 5.78 Å². The number of allylic oxidation sites excluding steroid dienone is 2. The Labute approximate surface area is 185 Å². The molecule has 2 amide bonds. The SMILES string of the molecule is CCCCCC(=O)NCC(=O)NC[C@@H]1[C@H](CC=CCCCC(=O)CCl)[C@@H]2CC[C@H]1O2. The van der Waals surface area contributed by atoms with Gasteiger partial charge in [-0.25, -0.2) is 0 Å². The van der Waals surface area contributed by atoms with E-state index in [1.807, 2.05) is 0 Å². The number of hydrogen-bond donors (Lipinski definition) is 2. The summed E-state index contributed by atoms with van der Waals surface area (Å²) >= 11 is 5.51. The largest absolute Gasteiger partial charge is 0.374 e. The van der Waals surface area contributed by atoms with Crippen molar-refractivity contribution in [3.8, 4) is 0 Å². The summed E-state index contributed by atoms with van der Waals surface area (Å²) in [6, 6.07) is 0. The second kappa shape index (κ2) is 13.8. The predicted octanol–water partition coefficient (Wildman–Crippen LogP) is 3.52. The molecular weight excluding hydrogens is 404 g/mol. The summed E-state index contributed by atoms with van der Waals surface area (Å²) in [7, 11) is 0. The van der Waals surface area contributed by atoms with Crippen molar-refractivity contribution < 1.29 is 19.1 Å². The number of unbranched alkanes of at least 4 members (excludes halogenated alkanes) is 3. The minimum atomic E-state index is -0.139. The van der Waals surface area contributed by atoms with E-state index in [4.69, 9.17) is 16.3 Å². The molecule has 2 N–H and O–H groups in total. The van der Waals surface area contributed by atoms with Crippen LogP contribution in [0.15, 0.2) is 12.2 Å². The van der Waals surface area contributed by atoms with Gasteiger partial charge in [-0.2, -0.15) is 0 Å². The Bertz CT molecular complexity index is 596. The lowest BCUT2D eigenvalue weighted by Crippen LogP contribution is -2.42. The second-order valence-electron chi connectivity index (χ2n) is 8.43. The van der Waals surface area contributed by atoms with E-state index >= 15 is 0 Å². The molecule has 2 bridgehead atoms. The van der Waals surface area contributed by atoms with Crippen molar-refractivity contribution in [1.82, 2.24) is 10.6 Å². The van der Waals surface area contributed by atoms with E-state index in [9.17, 15) is 14.4 Å². The maximum atomic E-state index is 12.1. The van der Waals surface area contributed by atoms with Crippen molar-refractivity contribution in [2.24, 2.45) is 11.8 Å². The van der Waals surface area contributed by atoms with Gasteiger partial charge in [0.05, 0.1) is 24.6 Å². The summed E-state index contributed by atoms with van der Waals surface area (Å²) in [4.78, 5) is 35.1. The third kappa shape index (κ3) is 8.38. The molecule has 2 rings (SSSR count). The molecule has 2 heterocycles. The number of hydrogen-bond acceptors (Lipinski definition) is 4. The molecule has 0 aliphatic carbocycles. The van der Waals surface area contributed by atoms with Crippen LogP contribution in [0.3, 0.4) is 0 Å². The van der Waals surface area contributed by atoms with E-state index in [2.05, 4.69) is 29.7 Å². The molecule has 0 aromatic heterocycles. The van der Waals surface area contributed by atoms with E-state index in [1.54, 1.807) is 0 Å². The fourth-order valence-corrected chi connectivity index (χ4v) is 4.57. The van der Waals surface area contributed by atoms with Gasteiger partial charge in [0.15, 0.2) is 0 Å². The molecule has 0 unspecified atom stereocenters. The minimum absolute atomic E-state index is 0.0399. The Morgan fingerprint density at radius 1 is 0.967 bits per heavy atom. The highest BCUT2D eigenvalue weighted by Crippen LogP contribution is 2.44. The summed E-state index contributed by atoms with van der Waals surface area (Å²) in [5.74, 6) is 0.725. The highest BCUT2D eigenvalue weighted by atomic mass is 35.5. The first-order valence-electron chi connectivity index (χ1n) is 11.5. The van der Waals surface area contributed by atoms with Gasteiger partial charge in [0, 0.05) is 25.3 Å². The van der Waals surface area contributed by atoms with Gasteiger partial charge in [0.2, 0.25) is 11.8 Å². The molecule has 7 heteroatoms. The number of fused-ring (bicyclic) bond motifs is 2. The normalized spacial score (nSPS) is 25.0. The summed E-state index contributed by atoms with van der Waals surface area (Å²) < 4.78 is 6.09. The number of rotatable bonds is 15. The van der Waals surface area contributed by atoms with Crippen LogP contribution in [0.25, 0.3) is 0 Å². The molecule has 2 aliphatic heterocycles. The molecule has 0 aromatic rings. The van der Waals surface area contributed by atoms with Crippen LogP contribution >= 0.6 is 11.6 Å². The van der Waals surface area contributed by atoms with Crippen LogP contribution in [0, 0.1) is 11.8 Å². The van der Waals surface area contributed by atoms with Crippen molar-refractivity contribution in [3.63, 3.8) is 0 Å². The lowest BCUT2D eigenvalue weighted by atomic mass is 9.77. The van der Waals surface area contributed by atoms with Crippen LogP contribution in [-0.2, 0) is 19.1 Å². The van der Waals surface area contributed by atoms with Crippen molar-refractivity contribution in [1.29, 1.82) is 0 Å². The third-order valence-corrected chi connectivity index (χ3v) is 6.43. The summed E-state index contributed by atoms with van der Waals surface area (Å²) in [5.41, 5.74) is 0. The van der Waals surface area contributed by atoms with Crippen molar-refractivity contribution in [3.05, 3.63) is 12.2 Å². The van der Waals surface area contributed by atoms with Gasteiger partial charge in [-0.1, -0.05) is 31.9 Å². The predicted molar refractivity (Wildman–Crippen MR) is 118 cm³/mol. The molecule has 2 saturated heterocycles. The molecule has 2 fully saturated rings. The lowest BCUT2D eigenvalue weighted by molar-refractivity contribution is -0.126. The van der Waals surface area contributed by atoms with E-state index < -0.39 is 0 Å². The number of nitrogens with one attached hydrogen (secondary N) is 2. The first kappa shape index (κ1) is 24.9. The van der Waals surface area contributed by atoms with Crippen LogP contribution in [0.2, 0.25) is 0 Å². The standard InChI is InChI=1S/C23H37ClN2O4/c1-2-3-6-11-22(28)26-16-23(29)25-15-19-18(20-12-13-21(19)30-20)10-8-5-4-7-9-17(27)14-24/h5,8,18-21H,2-4,6-7,9-16H2,1H3,(H,25,29)(H,26,28)/t18-,19+,20-,21+/m0/s1. The number of ether oxygens (including phenoxy) is 1. The van der Waals surface area contributed by atoms with E-state index in [0.717, 1.165) is 51.4 Å². The molecule has 0 radical (unpaired) electrons. The zero-order valence-electron chi connectivity index (χ0n) is 18.2. The molecule has 0 saturated carbocycles. The van der Waals surface area contributed by atoms with Crippen LogP contribution in [-0.4, -0.2) is 48.8 Å². The minimum Gasteiger partial charge on any atom is -0.374 e. The fourth-order valence-electron chi connectivity index (χ4n) is 4.43. The first-order chi connectivity index (χ1) is 14.5. The van der Waals surface area contributed by atoms with E-state index in [1.165, 1.54) is 0 Å². The highest BCUT2D eigenvalue weighted by molar-refractivity contribution is 6.27. The molecule has 6 nitrogen and oxygen atoms in total. The number of Topliss-reactive ketones (excluding diaryl/α,β-unsaturated/α-hetero) is 1. The average Bonchev–Trinajstić information content (AvgIpc) is 3.35. The van der Waals surface area contributed by atoms with Crippen LogP contribution < -0.4 is 10.6 Å². The zero-order valence-corrected chi connectivity index (χ0v) is 18.9. The van der Waals surface area contributed by atoms with Gasteiger partial charge in [-0.05, 0) is 44.4 Å². The number of carbonyl (C=O) groups excluding carboxylic acids is 3. The quantitative estimate of drug-likeness (QED) is 0.232. The lowest BCUT2D eigenvalue weighted by Gasteiger charge is -2.27. The molecule has 30 heavy (non-hydrogen) atoms. The Balaban J connectivity index is 1.67. The van der Waals surface area contributed by atoms with E-state index in [0.29, 0.717) is 31.2 Å². The van der Waals surface area contributed by atoms with Crippen LogP contribution in [0.5, 0.6) is 0 Å². The molecule has 0 aromatic carbocycles. The molecular formula is C23H37ClN2O4. The molecule has 0 spiro atoms. The summed E-state index contributed by atoms with van der Waals surface area (Å²) in [5, 5.41) is 5.69. The topological polar surface area (TPSA) is 84.5 Å². The Morgan fingerprint density at radius 3 is 2.47 bits per heavy atom. The maximum Gasteiger partial charge on any atom is 0.239 e. The fraction of sp³-hybridized carbons (Fsp3) is 0.783. The second-order valence-corrected chi connectivity index (χ2v) is 8.69. The Morgan fingerprint density at radius 2 is 1.73 bits per heavy atom. The van der Waals surface area contributed by atoms with Gasteiger partial charge in [0.25, 0.3) is 0 Å². The zero-order chi connectivity index (χ0) is 21.8. The highest BCUT2D eigenvalue weighted by Gasteiger charge is 2.47. The van der Waals surface area contributed by atoms with Gasteiger partial charge in [-0.3, -0.25) is 14.4 Å². The monoisotopic (exact) mass is 440 g/mol. The number of ketones is 1. The first-order valence-corrected chi connectivity index (χ1v) is 12.0. The number of amides is 2. The van der Waals surface area contributed by atoms with E-state index in [-0.39, 0.29) is 42.2 Å². The Kier molecular flexibility index (Phi) is 11.4. The Hall–Kier alpha value is -1.40.